The third kappa shape index (κ3) is 3.73. The smallest absolute Gasteiger partial charge is 0.172 e. The summed E-state index contributed by atoms with van der Waals surface area (Å²) < 4.78 is 36.7. The van der Waals surface area contributed by atoms with E-state index in [1.807, 2.05) is 0 Å². The highest BCUT2D eigenvalue weighted by molar-refractivity contribution is 5.20. The molecule has 0 heterocycles. The van der Waals surface area contributed by atoms with Gasteiger partial charge in [0.25, 0.3) is 0 Å². The Labute approximate surface area is 99.7 Å². The molecule has 0 amide bonds. The van der Waals surface area contributed by atoms with E-state index in [0.29, 0.717) is 5.56 Å². The van der Waals surface area contributed by atoms with Gasteiger partial charge >= 0.3 is 0 Å². The van der Waals surface area contributed by atoms with Crippen molar-refractivity contribution in [2.24, 2.45) is 0 Å². The predicted octanol–water partition coefficient (Wildman–Crippen LogP) is 1.71. The Balaban J connectivity index is 2.83. The second-order valence-corrected chi connectivity index (χ2v) is 3.67. The molecular weight excluding hydrogens is 228 g/mol. The van der Waals surface area contributed by atoms with Gasteiger partial charge in [-0.3, -0.25) is 0 Å². The molecule has 1 aromatic rings. The average Bonchev–Trinajstić information content (AvgIpc) is 2.33. The van der Waals surface area contributed by atoms with Gasteiger partial charge in [0.1, 0.15) is 11.6 Å². The van der Waals surface area contributed by atoms with Crippen molar-refractivity contribution in [1.82, 2.24) is 5.32 Å². The van der Waals surface area contributed by atoms with E-state index in [9.17, 15) is 8.78 Å². The summed E-state index contributed by atoms with van der Waals surface area (Å²) >= 11 is 0. The van der Waals surface area contributed by atoms with Crippen molar-refractivity contribution in [3.8, 4) is 0 Å². The Morgan fingerprint density at radius 3 is 2.41 bits per heavy atom. The van der Waals surface area contributed by atoms with Crippen molar-refractivity contribution >= 4 is 0 Å². The first kappa shape index (κ1) is 14.0. The lowest BCUT2D eigenvalue weighted by Crippen LogP contribution is -2.41. The molecule has 96 valence electrons. The maximum absolute atomic E-state index is 13.5. The fourth-order valence-electron chi connectivity index (χ4n) is 1.70. The molecule has 1 rings (SSSR count). The quantitative estimate of drug-likeness (QED) is 0.774. The van der Waals surface area contributed by atoms with Crippen LogP contribution in [0.1, 0.15) is 5.56 Å². The summed E-state index contributed by atoms with van der Waals surface area (Å²) in [6, 6.07) is 3.15. The minimum atomic E-state index is -0.511. The van der Waals surface area contributed by atoms with E-state index in [4.69, 9.17) is 9.47 Å². The fourth-order valence-corrected chi connectivity index (χ4v) is 1.70. The molecule has 0 aliphatic carbocycles. The van der Waals surface area contributed by atoms with Crippen molar-refractivity contribution in [2.45, 2.75) is 18.8 Å². The normalized spacial score (nSPS) is 13.1. The van der Waals surface area contributed by atoms with Gasteiger partial charge in [-0.2, -0.15) is 0 Å². The molecule has 0 fully saturated rings. The largest absolute Gasteiger partial charge is 0.354 e. The second kappa shape index (κ2) is 6.64. The number of ether oxygens (including phenoxy) is 2. The van der Waals surface area contributed by atoms with Gasteiger partial charge < -0.3 is 14.8 Å². The number of likely N-dealkylation sites (N-methyl/N-ethyl adjacent to an activating group) is 1. The summed E-state index contributed by atoms with van der Waals surface area (Å²) in [4.78, 5) is 0. The van der Waals surface area contributed by atoms with Gasteiger partial charge in [0.05, 0.1) is 6.04 Å². The van der Waals surface area contributed by atoms with Gasteiger partial charge in [-0.15, -0.1) is 0 Å². The summed E-state index contributed by atoms with van der Waals surface area (Å²) in [5.41, 5.74) is 0.295. The molecule has 0 aromatic heterocycles. The molecule has 5 heteroatoms. The summed E-state index contributed by atoms with van der Waals surface area (Å²) in [6.07, 6.45) is -0.227. The van der Waals surface area contributed by atoms with E-state index in [-0.39, 0.29) is 12.5 Å². The van der Waals surface area contributed by atoms with E-state index in [1.165, 1.54) is 20.3 Å². The van der Waals surface area contributed by atoms with Crippen molar-refractivity contribution in [3.63, 3.8) is 0 Å². The number of benzene rings is 1. The van der Waals surface area contributed by atoms with Crippen LogP contribution in [-0.2, 0) is 15.9 Å². The number of hydrogen-bond donors (Lipinski definition) is 1. The minimum absolute atomic E-state index is 0.249. The molecule has 17 heavy (non-hydrogen) atoms. The molecule has 0 bridgehead atoms. The van der Waals surface area contributed by atoms with Crippen LogP contribution in [0.5, 0.6) is 0 Å². The van der Waals surface area contributed by atoms with E-state index >= 15 is 0 Å². The molecule has 0 aliphatic rings. The lowest BCUT2D eigenvalue weighted by molar-refractivity contribution is -0.121. The molecule has 0 saturated carbocycles. The van der Waals surface area contributed by atoms with Crippen molar-refractivity contribution < 1.29 is 18.3 Å². The van der Waals surface area contributed by atoms with Crippen molar-refractivity contribution in [3.05, 3.63) is 35.4 Å². The van der Waals surface area contributed by atoms with Crippen LogP contribution in [0.4, 0.5) is 8.78 Å². The number of hydrogen-bond acceptors (Lipinski definition) is 3. The molecule has 3 nitrogen and oxygen atoms in total. The fraction of sp³-hybridized carbons (Fsp3) is 0.500. The average molecular weight is 245 g/mol. The molecule has 1 unspecified atom stereocenters. The van der Waals surface area contributed by atoms with Crippen molar-refractivity contribution in [1.29, 1.82) is 0 Å². The third-order valence-electron chi connectivity index (χ3n) is 2.61. The maximum Gasteiger partial charge on any atom is 0.172 e. The van der Waals surface area contributed by atoms with Crippen LogP contribution in [0, 0.1) is 11.6 Å². The summed E-state index contributed by atoms with van der Waals surface area (Å²) in [7, 11) is 4.72. The Hall–Kier alpha value is -1.04. The summed E-state index contributed by atoms with van der Waals surface area (Å²) in [6.45, 7) is 0. The van der Waals surface area contributed by atoms with E-state index in [1.54, 1.807) is 7.05 Å². The first-order valence-corrected chi connectivity index (χ1v) is 5.29. The van der Waals surface area contributed by atoms with Gasteiger partial charge in [0.15, 0.2) is 6.29 Å². The highest BCUT2D eigenvalue weighted by atomic mass is 19.1. The van der Waals surface area contributed by atoms with Crippen LogP contribution >= 0.6 is 0 Å². The zero-order chi connectivity index (χ0) is 12.8. The molecular formula is C12H17F2NO2. The van der Waals surface area contributed by atoms with Crippen LogP contribution in [-0.4, -0.2) is 33.6 Å². The molecule has 1 atom stereocenters. The van der Waals surface area contributed by atoms with Crippen LogP contribution in [0.2, 0.25) is 0 Å². The van der Waals surface area contributed by atoms with E-state index in [2.05, 4.69) is 5.32 Å². The SMILES string of the molecule is CNC(Cc1cc(F)ccc1F)C(OC)OC. The molecule has 1 N–H and O–H groups in total. The Morgan fingerprint density at radius 2 is 1.88 bits per heavy atom. The first-order chi connectivity index (χ1) is 8.12. The Morgan fingerprint density at radius 1 is 1.24 bits per heavy atom. The summed E-state index contributed by atoms with van der Waals surface area (Å²) in [5, 5.41) is 2.96. The highest BCUT2D eigenvalue weighted by Crippen LogP contribution is 2.14. The van der Waals surface area contributed by atoms with Gasteiger partial charge in [0, 0.05) is 14.2 Å². The first-order valence-electron chi connectivity index (χ1n) is 5.29. The highest BCUT2D eigenvalue weighted by Gasteiger charge is 2.21. The van der Waals surface area contributed by atoms with Crippen LogP contribution < -0.4 is 5.32 Å². The maximum atomic E-state index is 13.5. The van der Waals surface area contributed by atoms with Crippen molar-refractivity contribution in [2.75, 3.05) is 21.3 Å². The standard InChI is InChI=1S/C12H17F2NO2/c1-15-11(12(16-2)17-3)7-8-6-9(13)4-5-10(8)14/h4-6,11-12,15H,7H2,1-3H3. The predicted molar refractivity (Wildman–Crippen MR) is 60.7 cm³/mol. The zero-order valence-corrected chi connectivity index (χ0v) is 10.2. The Bertz CT molecular complexity index is 356. The van der Waals surface area contributed by atoms with Crippen LogP contribution in [0.3, 0.4) is 0 Å². The lowest BCUT2D eigenvalue weighted by Gasteiger charge is -2.24. The van der Waals surface area contributed by atoms with E-state index < -0.39 is 17.9 Å². The second-order valence-electron chi connectivity index (χ2n) is 3.67. The lowest BCUT2D eigenvalue weighted by atomic mass is 10.0. The van der Waals surface area contributed by atoms with Crippen LogP contribution in [0.15, 0.2) is 18.2 Å². The molecule has 0 aliphatic heterocycles. The molecule has 0 spiro atoms. The number of methoxy groups -OCH3 is 2. The van der Waals surface area contributed by atoms with E-state index in [0.717, 1.165) is 12.1 Å². The Kier molecular flexibility index (Phi) is 5.47. The monoisotopic (exact) mass is 245 g/mol. The van der Waals surface area contributed by atoms with Gasteiger partial charge in [0.2, 0.25) is 0 Å². The molecule has 1 aromatic carbocycles. The van der Waals surface area contributed by atoms with Gasteiger partial charge in [-0.1, -0.05) is 0 Å². The van der Waals surface area contributed by atoms with Crippen LogP contribution in [0.25, 0.3) is 0 Å². The number of rotatable bonds is 6. The van der Waals surface area contributed by atoms with Gasteiger partial charge in [-0.05, 0) is 37.2 Å². The molecule has 0 radical (unpaired) electrons. The van der Waals surface area contributed by atoms with Gasteiger partial charge in [-0.25, -0.2) is 8.78 Å². The number of nitrogens with one attached hydrogen (secondary N) is 1. The minimum Gasteiger partial charge on any atom is -0.354 e. The summed E-state index contributed by atoms with van der Waals surface area (Å²) in [5.74, 6) is -0.889. The third-order valence-corrected chi connectivity index (χ3v) is 2.61. The zero-order valence-electron chi connectivity index (χ0n) is 10.2. The number of halogens is 2. The topological polar surface area (TPSA) is 30.5 Å². The molecule has 0 saturated heterocycles.